The number of carboxylic acids is 1. The summed E-state index contributed by atoms with van der Waals surface area (Å²) in [7, 11) is 0. The number of hydrogen-bond donors (Lipinski definition) is 3. The number of phenolic OH excluding ortho intramolecular Hbond substituents is 1. The number of anilines is 1. The Bertz CT molecular complexity index is 1300. The van der Waals surface area contributed by atoms with Crippen molar-refractivity contribution in [3.05, 3.63) is 82.6 Å². The van der Waals surface area contributed by atoms with E-state index < -0.39 is 10.7 Å². The smallest absolute Gasteiger partial charge is 0.335 e. The van der Waals surface area contributed by atoms with Gasteiger partial charge in [-0.2, -0.15) is 9.86 Å². The summed E-state index contributed by atoms with van der Waals surface area (Å²) < 4.78 is -0.856. The Morgan fingerprint density at radius 2 is 1.70 bits per heavy atom. The molecule has 0 aromatic heterocycles. The number of carbonyl (C=O) groups is 1. The number of carboxylic acid groups (broad SMARTS) is 1. The van der Waals surface area contributed by atoms with Crippen molar-refractivity contribution >= 4 is 28.8 Å². The van der Waals surface area contributed by atoms with Gasteiger partial charge in [-0.05, 0) is 67.3 Å². The number of rotatable bonds is 5. The van der Waals surface area contributed by atoms with Crippen LogP contribution in [0.1, 0.15) is 28.4 Å². The van der Waals surface area contributed by atoms with Crippen molar-refractivity contribution < 1.29 is 15.0 Å². The molecule has 0 radical (unpaired) electrons. The first kappa shape index (κ1) is 22.2. The van der Waals surface area contributed by atoms with Crippen LogP contribution in [0, 0.1) is 19.1 Å². The standard InChI is InChI=1S/C25H24N4O4/c1-15-4-10-21(12-16(15)2)29(33)14-23(17(3)28-29)27-26-22-11-9-20(13-24(22)30)18-5-7-19(8-6-18)25(31)32/h4-13,26,30H,14H2,1-3H3,(H,31,32)/b27-23+. The summed E-state index contributed by atoms with van der Waals surface area (Å²) in [6, 6.07) is 17.0. The van der Waals surface area contributed by atoms with E-state index in [-0.39, 0.29) is 17.9 Å². The molecule has 1 aliphatic heterocycles. The van der Waals surface area contributed by atoms with E-state index >= 15 is 0 Å². The topological polar surface area (TPSA) is 117 Å². The molecule has 0 amide bonds. The van der Waals surface area contributed by atoms with Gasteiger partial charge in [-0.15, -0.1) is 0 Å². The molecule has 3 aromatic rings. The highest BCUT2D eigenvalue weighted by molar-refractivity contribution is 6.44. The lowest BCUT2D eigenvalue weighted by atomic mass is 10.0. The third kappa shape index (κ3) is 4.48. The molecule has 0 aliphatic carbocycles. The molecule has 3 N–H and O–H groups in total. The summed E-state index contributed by atoms with van der Waals surface area (Å²) in [6.07, 6.45) is 0. The van der Waals surface area contributed by atoms with Crippen LogP contribution >= 0.6 is 0 Å². The molecule has 8 nitrogen and oxygen atoms in total. The van der Waals surface area contributed by atoms with E-state index in [2.05, 4.69) is 15.6 Å². The second-order valence-electron chi connectivity index (χ2n) is 8.10. The summed E-state index contributed by atoms with van der Waals surface area (Å²) in [5.41, 5.74) is 8.62. The summed E-state index contributed by atoms with van der Waals surface area (Å²) in [4.78, 5) is 11.0. The first-order valence-electron chi connectivity index (χ1n) is 10.4. The van der Waals surface area contributed by atoms with Crippen LogP contribution < -0.4 is 10.2 Å². The highest BCUT2D eigenvalue weighted by Crippen LogP contribution is 2.31. The van der Waals surface area contributed by atoms with Gasteiger partial charge in [-0.1, -0.05) is 29.4 Å². The Labute approximate surface area is 191 Å². The fourth-order valence-corrected chi connectivity index (χ4v) is 3.60. The number of aryl methyl sites for hydroxylation is 2. The minimum absolute atomic E-state index is 0.0243. The molecule has 0 bridgehead atoms. The monoisotopic (exact) mass is 444 g/mol. The highest BCUT2D eigenvalue weighted by Gasteiger charge is 2.32. The number of nitrogens with one attached hydrogen (secondary N) is 1. The molecule has 3 aromatic carbocycles. The van der Waals surface area contributed by atoms with Gasteiger partial charge < -0.3 is 15.4 Å². The van der Waals surface area contributed by atoms with E-state index in [1.54, 1.807) is 43.3 Å². The Balaban J connectivity index is 1.51. The number of hydrogen-bond acceptors (Lipinski definition) is 6. The second kappa shape index (κ2) is 8.50. The van der Waals surface area contributed by atoms with Crippen molar-refractivity contribution in [2.24, 2.45) is 10.2 Å². The van der Waals surface area contributed by atoms with Crippen LogP contribution in [0.25, 0.3) is 11.1 Å². The van der Waals surface area contributed by atoms with E-state index in [1.165, 1.54) is 12.1 Å². The molecule has 0 saturated carbocycles. The number of hydroxylamine groups is 1. The van der Waals surface area contributed by atoms with Gasteiger partial charge in [-0.3, -0.25) is 5.43 Å². The molecule has 0 spiro atoms. The first-order valence-corrected chi connectivity index (χ1v) is 10.4. The minimum Gasteiger partial charge on any atom is -0.599 e. The molecule has 0 fully saturated rings. The SMILES string of the molecule is CC1=N[N+]([O-])(c2ccc(C)c(C)c2)C/C1=N\Nc1ccc(-c2ccc(C(=O)O)cc2)cc1O. The molecule has 1 atom stereocenters. The molecule has 1 heterocycles. The average molecular weight is 444 g/mol. The minimum atomic E-state index is -0.993. The summed E-state index contributed by atoms with van der Waals surface area (Å²) >= 11 is 0. The molecular formula is C25H24N4O4. The van der Waals surface area contributed by atoms with Crippen LogP contribution in [0.4, 0.5) is 11.4 Å². The fraction of sp³-hybridized carbons (Fsp3) is 0.160. The van der Waals surface area contributed by atoms with Crippen LogP contribution in [0.5, 0.6) is 5.75 Å². The molecule has 4 rings (SSSR count). The number of hydrazone groups is 1. The molecule has 1 aliphatic rings. The van der Waals surface area contributed by atoms with Crippen LogP contribution in [-0.2, 0) is 0 Å². The van der Waals surface area contributed by atoms with Gasteiger partial charge in [-0.25, -0.2) is 4.79 Å². The highest BCUT2D eigenvalue weighted by atomic mass is 16.6. The van der Waals surface area contributed by atoms with Crippen molar-refractivity contribution in [3.63, 3.8) is 0 Å². The lowest BCUT2D eigenvalue weighted by molar-refractivity contribution is 0.0697. The number of quaternary nitrogens is 1. The van der Waals surface area contributed by atoms with Crippen LogP contribution in [-0.4, -0.2) is 34.2 Å². The zero-order chi connectivity index (χ0) is 23.8. The molecule has 33 heavy (non-hydrogen) atoms. The van der Waals surface area contributed by atoms with E-state index in [4.69, 9.17) is 5.11 Å². The van der Waals surface area contributed by atoms with Crippen LogP contribution in [0.2, 0.25) is 0 Å². The van der Waals surface area contributed by atoms with Gasteiger partial charge >= 0.3 is 5.97 Å². The van der Waals surface area contributed by atoms with Crippen molar-refractivity contribution in [2.45, 2.75) is 20.8 Å². The zero-order valence-corrected chi connectivity index (χ0v) is 18.5. The second-order valence-corrected chi connectivity index (χ2v) is 8.10. The number of aromatic carboxylic acids is 1. The maximum Gasteiger partial charge on any atom is 0.335 e. The summed E-state index contributed by atoms with van der Waals surface area (Å²) in [5, 5.41) is 41.4. The number of phenols is 1. The molecule has 8 heteroatoms. The Hall–Kier alpha value is -4.01. The molecular weight excluding hydrogens is 420 g/mol. The van der Waals surface area contributed by atoms with E-state index in [0.717, 1.165) is 22.3 Å². The lowest BCUT2D eigenvalue weighted by Crippen LogP contribution is -2.37. The zero-order valence-electron chi connectivity index (χ0n) is 18.5. The summed E-state index contributed by atoms with van der Waals surface area (Å²) in [5.74, 6) is -1.02. The van der Waals surface area contributed by atoms with E-state index in [9.17, 15) is 15.1 Å². The predicted molar refractivity (Wildman–Crippen MR) is 131 cm³/mol. The van der Waals surface area contributed by atoms with Crippen molar-refractivity contribution in [1.29, 1.82) is 0 Å². The molecule has 168 valence electrons. The van der Waals surface area contributed by atoms with Crippen LogP contribution in [0.3, 0.4) is 0 Å². The van der Waals surface area contributed by atoms with Crippen molar-refractivity contribution in [1.82, 2.24) is 4.76 Å². The normalized spacial score (nSPS) is 18.9. The van der Waals surface area contributed by atoms with Gasteiger partial charge in [0.1, 0.15) is 17.2 Å². The molecule has 1 unspecified atom stereocenters. The molecule has 0 saturated heterocycles. The summed E-state index contributed by atoms with van der Waals surface area (Å²) in [6.45, 7) is 5.74. The van der Waals surface area contributed by atoms with Gasteiger partial charge in [0, 0.05) is 12.1 Å². The maximum absolute atomic E-state index is 13.3. The Morgan fingerprint density at radius 1 is 1.00 bits per heavy atom. The number of aromatic hydroxyl groups is 1. The van der Waals surface area contributed by atoms with Gasteiger partial charge in [0.2, 0.25) is 0 Å². The Kier molecular flexibility index (Phi) is 5.71. The Morgan fingerprint density at radius 3 is 2.33 bits per heavy atom. The van der Waals surface area contributed by atoms with E-state index in [0.29, 0.717) is 22.8 Å². The predicted octanol–water partition coefficient (Wildman–Crippen LogP) is 5.04. The largest absolute Gasteiger partial charge is 0.599 e. The van der Waals surface area contributed by atoms with Gasteiger partial charge in [0.05, 0.1) is 11.3 Å². The van der Waals surface area contributed by atoms with Gasteiger partial charge in [0.25, 0.3) is 0 Å². The lowest BCUT2D eigenvalue weighted by Gasteiger charge is -2.31. The number of benzene rings is 3. The van der Waals surface area contributed by atoms with Crippen molar-refractivity contribution in [2.75, 3.05) is 12.0 Å². The third-order valence-electron chi connectivity index (χ3n) is 5.76. The van der Waals surface area contributed by atoms with Crippen LogP contribution in [0.15, 0.2) is 70.9 Å². The van der Waals surface area contributed by atoms with Crippen molar-refractivity contribution in [3.8, 4) is 16.9 Å². The maximum atomic E-state index is 13.3. The van der Waals surface area contributed by atoms with E-state index in [1.807, 2.05) is 26.0 Å². The first-order chi connectivity index (χ1) is 15.7. The fourth-order valence-electron chi connectivity index (χ4n) is 3.60. The number of nitrogens with zero attached hydrogens (tertiary/aromatic N) is 3. The average Bonchev–Trinajstić information content (AvgIpc) is 3.09. The third-order valence-corrected chi connectivity index (χ3v) is 5.76. The van der Waals surface area contributed by atoms with Gasteiger partial charge in [0.15, 0.2) is 12.2 Å². The quantitative estimate of drug-likeness (QED) is 0.221.